The quantitative estimate of drug-likeness (QED) is 0.140. The van der Waals surface area contributed by atoms with Crippen LogP contribution >= 0.6 is 27.7 Å². The second kappa shape index (κ2) is 12.8. The lowest BCUT2D eigenvalue weighted by Gasteiger charge is -2.38. The number of thioether (sulfide) groups is 1. The summed E-state index contributed by atoms with van der Waals surface area (Å²) in [7, 11) is 0. The molecule has 2 amide bonds. The van der Waals surface area contributed by atoms with E-state index >= 15 is 0 Å². The summed E-state index contributed by atoms with van der Waals surface area (Å²) in [5.74, 6) is -1.65. The fourth-order valence-corrected chi connectivity index (χ4v) is 9.39. The third-order valence-electron chi connectivity index (χ3n) is 7.36. The summed E-state index contributed by atoms with van der Waals surface area (Å²) in [4.78, 5) is 44.8. The molecule has 0 aromatic heterocycles. The number of carbonyl (C=O) groups excluding carboxylic acids is 3. The van der Waals surface area contributed by atoms with Crippen LogP contribution in [0.2, 0.25) is 0 Å². The van der Waals surface area contributed by atoms with Gasteiger partial charge in [-0.1, -0.05) is 41.4 Å². The van der Waals surface area contributed by atoms with E-state index in [1.54, 1.807) is 28.8 Å². The Bertz CT molecular complexity index is 811. The van der Waals surface area contributed by atoms with Gasteiger partial charge in [-0.25, -0.2) is 0 Å². The number of alkyl halides is 1. The average Bonchev–Trinajstić information content (AvgIpc) is 3.42. The highest BCUT2D eigenvalue weighted by Crippen LogP contribution is 2.68. The molecular formula is C26H39BrN2O5S. The minimum atomic E-state index is -0.655. The SMILES string of the molecule is C=CCCOC(=O)[C@H]1[C@@H]2SC3(CC2Br)C(C(=O)N(CC=C)CCCC)N(CCCCCO)C(=O)[C@H]13. The predicted octanol–water partition coefficient (Wildman–Crippen LogP) is 3.55. The summed E-state index contributed by atoms with van der Waals surface area (Å²) in [5.41, 5.74) is 0. The van der Waals surface area contributed by atoms with Gasteiger partial charge >= 0.3 is 5.97 Å². The highest BCUT2D eigenvalue weighted by atomic mass is 79.9. The molecule has 0 aliphatic carbocycles. The molecule has 3 heterocycles. The molecule has 0 aromatic rings. The van der Waals surface area contributed by atoms with Crippen LogP contribution < -0.4 is 0 Å². The van der Waals surface area contributed by atoms with Gasteiger partial charge in [0.2, 0.25) is 11.8 Å². The van der Waals surface area contributed by atoms with Crippen LogP contribution in [0.25, 0.3) is 0 Å². The summed E-state index contributed by atoms with van der Waals surface area (Å²) >= 11 is 5.41. The molecule has 3 rings (SSSR count). The van der Waals surface area contributed by atoms with Crippen LogP contribution in [0.3, 0.4) is 0 Å². The molecule has 1 N–H and O–H groups in total. The lowest BCUT2D eigenvalue weighted by atomic mass is 9.71. The molecule has 7 nitrogen and oxygen atoms in total. The van der Waals surface area contributed by atoms with Crippen LogP contribution in [0.15, 0.2) is 25.3 Å². The summed E-state index contributed by atoms with van der Waals surface area (Å²) in [6.07, 6.45) is 8.63. The van der Waals surface area contributed by atoms with E-state index in [0.717, 1.165) is 19.3 Å². The number of esters is 1. The highest BCUT2D eigenvalue weighted by Gasteiger charge is 2.76. The maximum absolute atomic E-state index is 14.1. The van der Waals surface area contributed by atoms with E-state index in [9.17, 15) is 19.5 Å². The van der Waals surface area contributed by atoms with Gasteiger partial charge in [-0.3, -0.25) is 14.4 Å². The van der Waals surface area contributed by atoms with Gasteiger partial charge in [-0.05, 0) is 38.5 Å². The lowest BCUT2D eigenvalue weighted by Crippen LogP contribution is -2.55. The predicted molar refractivity (Wildman–Crippen MR) is 142 cm³/mol. The second-order valence-electron chi connectivity index (χ2n) is 9.65. The summed E-state index contributed by atoms with van der Waals surface area (Å²) < 4.78 is 4.90. The minimum absolute atomic E-state index is 0.0293. The number of amides is 2. The first-order valence-electron chi connectivity index (χ1n) is 12.8. The molecule has 0 saturated carbocycles. The highest BCUT2D eigenvalue weighted by molar-refractivity contribution is 9.09. The largest absolute Gasteiger partial charge is 0.465 e. The molecule has 35 heavy (non-hydrogen) atoms. The molecule has 2 bridgehead atoms. The Morgan fingerprint density at radius 1 is 1.29 bits per heavy atom. The number of rotatable bonds is 15. The normalized spacial score (nSPS) is 30.9. The van der Waals surface area contributed by atoms with Crippen molar-refractivity contribution in [3.63, 3.8) is 0 Å². The second-order valence-corrected chi connectivity index (χ2v) is 12.4. The number of fused-ring (bicyclic) bond motifs is 1. The number of aliphatic hydroxyl groups excluding tert-OH is 1. The monoisotopic (exact) mass is 570 g/mol. The van der Waals surface area contributed by atoms with Gasteiger partial charge in [0.1, 0.15) is 6.04 Å². The van der Waals surface area contributed by atoms with E-state index in [1.807, 2.05) is 4.90 Å². The van der Waals surface area contributed by atoms with Crippen molar-refractivity contribution in [2.45, 2.75) is 72.7 Å². The zero-order valence-electron chi connectivity index (χ0n) is 20.7. The first-order chi connectivity index (χ1) is 16.9. The van der Waals surface area contributed by atoms with Gasteiger partial charge in [0, 0.05) is 36.3 Å². The van der Waals surface area contributed by atoms with Crippen molar-refractivity contribution >= 4 is 45.5 Å². The molecule has 3 aliphatic heterocycles. The smallest absolute Gasteiger partial charge is 0.310 e. The number of halogens is 1. The van der Waals surface area contributed by atoms with Crippen LogP contribution in [0, 0.1) is 11.8 Å². The summed E-state index contributed by atoms with van der Waals surface area (Å²) in [6.45, 7) is 11.4. The number of unbranched alkanes of at least 4 members (excludes halogenated alkanes) is 3. The number of carbonyl (C=O) groups is 3. The van der Waals surface area contributed by atoms with Gasteiger partial charge in [-0.2, -0.15) is 0 Å². The maximum Gasteiger partial charge on any atom is 0.310 e. The van der Waals surface area contributed by atoms with Gasteiger partial charge < -0.3 is 19.6 Å². The zero-order chi connectivity index (χ0) is 25.6. The Kier molecular flexibility index (Phi) is 10.3. The van der Waals surface area contributed by atoms with E-state index in [2.05, 4.69) is 36.0 Å². The number of nitrogens with zero attached hydrogens (tertiary/aromatic N) is 2. The number of aliphatic hydroxyl groups is 1. The molecule has 0 aromatic carbocycles. The Morgan fingerprint density at radius 2 is 2.06 bits per heavy atom. The van der Waals surface area contributed by atoms with Gasteiger partial charge in [0.05, 0.1) is 23.2 Å². The third-order valence-corrected chi connectivity index (χ3v) is 10.6. The molecule has 0 radical (unpaired) electrons. The standard InChI is InChI=1S/C26H39BrN2O5S/c1-4-7-13-28(12-6-3)24(32)22-26-17-18(27)21(35-26)19(25(33)34-16-8-5-2)20(26)23(31)29(22)14-10-9-11-15-30/h5-6,18-22,30H,2-4,7-17H2,1H3/t18?,19-,20+,21-,22?,26?/m1/s1. The molecule has 1 spiro atoms. The van der Waals surface area contributed by atoms with Crippen molar-refractivity contribution in [3.8, 4) is 0 Å². The molecular weight excluding hydrogens is 532 g/mol. The molecule has 6 atom stereocenters. The Morgan fingerprint density at radius 3 is 2.71 bits per heavy atom. The molecule has 3 saturated heterocycles. The van der Waals surface area contributed by atoms with Crippen molar-refractivity contribution in [3.05, 3.63) is 25.3 Å². The Hall–Kier alpha value is -1.32. The third kappa shape index (κ3) is 5.52. The summed E-state index contributed by atoms with van der Waals surface area (Å²) in [6, 6.07) is -0.619. The van der Waals surface area contributed by atoms with Crippen LogP contribution in [-0.2, 0) is 19.1 Å². The zero-order valence-corrected chi connectivity index (χ0v) is 23.1. The first-order valence-corrected chi connectivity index (χ1v) is 14.6. The van der Waals surface area contributed by atoms with Gasteiger partial charge in [0.15, 0.2) is 0 Å². The Labute approximate surface area is 221 Å². The Balaban J connectivity index is 1.95. The van der Waals surface area contributed by atoms with Crippen LogP contribution in [0.1, 0.15) is 51.9 Å². The van der Waals surface area contributed by atoms with E-state index < -0.39 is 22.6 Å². The summed E-state index contributed by atoms with van der Waals surface area (Å²) in [5, 5.41) is 9.08. The van der Waals surface area contributed by atoms with Crippen molar-refractivity contribution in [1.29, 1.82) is 0 Å². The lowest BCUT2D eigenvalue weighted by molar-refractivity contribution is -0.154. The van der Waals surface area contributed by atoms with Crippen LogP contribution in [0.5, 0.6) is 0 Å². The maximum atomic E-state index is 14.1. The van der Waals surface area contributed by atoms with Crippen LogP contribution in [-0.4, -0.2) is 86.4 Å². The molecule has 196 valence electrons. The molecule has 3 fully saturated rings. The fourth-order valence-electron chi connectivity index (χ4n) is 5.80. The van der Waals surface area contributed by atoms with E-state index in [4.69, 9.17) is 4.74 Å². The average molecular weight is 572 g/mol. The van der Waals surface area contributed by atoms with Crippen molar-refractivity contribution in [2.75, 3.05) is 32.8 Å². The number of ether oxygens (including phenoxy) is 1. The molecule has 3 unspecified atom stereocenters. The van der Waals surface area contributed by atoms with E-state index in [-0.39, 0.29) is 41.1 Å². The van der Waals surface area contributed by atoms with Gasteiger partial charge in [-0.15, -0.1) is 24.9 Å². The van der Waals surface area contributed by atoms with Crippen molar-refractivity contribution < 1.29 is 24.2 Å². The van der Waals surface area contributed by atoms with E-state index in [0.29, 0.717) is 45.3 Å². The van der Waals surface area contributed by atoms with E-state index in [1.165, 1.54) is 0 Å². The van der Waals surface area contributed by atoms with Gasteiger partial charge in [0.25, 0.3) is 0 Å². The molecule has 3 aliphatic rings. The number of hydrogen-bond acceptors (Lipinski definition) is 6. The molecule has 9 heteroatoms. The fraction of sp³-hybridized carbons (Fsp3) is 0.731. The topological polar surface area (TPSA) is 87.2 Å². The number of likely N-dealkylation sites (tertiary alicyclic amines) is 1. The minimum Gasteiger partial charge on any atom is -0.465 e. The van der Waals surface area contributed by atoms with Crippen molar-refractivity contribution in [2.24, 2.45) is 11.8 Å². The number of hydrogen-bond donors (Lipinski definition) is 1. The van der Waals surface area contributed by atoms with Crippen LogP contribution in [0.4, 0.5) is 0 Å². The van der Waals surface area contributed by atoms with Crippen molar-refractivity contribution in [1.82, 2.24) is 9.80 Å². The first kappa shape index (κ1) is 28.3.